The fraction of sp³-hybridized carbons (Fsp3) is 0.909. The maximum Gasteiger partial charge on any atom is 0.143 e. The molecule has 2 aliphatic rings. The molecule has 3 atom stereocenters. The van der Waals surface area contributed by atoms with E-state index < -0.39 is 0 Å². The Balaban J connectivity index is 1.82. The summed E-state index contributed by atoms with van der Waals surface area (Å²) in [5.74, 6) is 2.36. The van der Waals surface area contributed by atoms with Crippen molar-refractivity contribution in [1.82, 2.24) is 4.90 Å². The van der Waals surface area contributed by atoms with Gasteiger partial charge in [-0.15, -0.1) is 0 Å². The van der Waals surface area contributed by atoms with Gasteiger partial charge in [-0.3, -0.25) is 0 Å². The zero-order valence-corrected chi connectivity index (χ0v) is 9.39. The molecule has 86 valence electrons. The maximum absolute atomic E-state index is 8.58. The van der Waals surface area contributed by atoms with E-state index in [1.165, 1.54) is 32.4 Å². The van der Waals surface area contributed by atoms with E-state index in [2.05, 4.69) is 10.1 Å². The second-order valence-electron chi connectivity index (χ2n) is 5.10. The Kier molecular flexibility index (Phi) is 3.14. The molecule has 4 heteroatoms. The normalized spacial score (nSPS) is 34.3. The number of rotatable bonds is 3. The number of fused-ring (bicyclic) bond motifs is 1. The highest BCUT2D eigenvalue weighted by molar-refractivity contribution is 5.82. The van der Waals surface area contributed by atoms with Crippen LogP contribution in [0.2, 0.25) is 0 Å². The number of hydrogen-bond acceptors (Lipinski definition) is 3. The molecular formula is C11H21N3O. The Hall–Kier alpha value is -0.770. The quantitative estimate of drug-likeness (QED) is 0.318. The fourth-order valence-corrected chi connectivity index (χ4v) is 3.06. The molecule has 2 fully saturated rings. The summed E-state index contributed by atoms with van der Waals surface area (Å²) >= 11 is 0. The van der Waals surface area contributed by atoms with Crippen LogP contribution in [0.25, 0.3) is 0 Å². The molecule has 0 aromatic heterocycles. The number of nitrogens with zero attached hydrogens (tertiary/aromatic N) is 2. The van der Waals surface area contributed by atoms with Crippen LogP contribution in [0.15, 0.2) is 5.16 Å². The summed E-state index contributed by atoms with van der Waals surface area (Å²) in [5, 5.41) is 11.7. The highest BCUT2D eigenvalue weighted by Crippen LogP contribution is 2.37. The molecule has 3 N–H and O–H groups in total. The van der Waals surface area contributed by atoms with Gasteiger partial charge in [-0.2, -0.15) is 0 Å². The first-order valence-electron chi connectivity index (χ1n) is 5.90. The minimum atomic E-state index is 0.161. The van der Waals surface area contributed by atoms with Crippen LogP contribution in [0.4, 0.5) is 0 Å². The lowest BCUT2D eigenvalue weighted by molar-refractivity contribution is 0.282. The van der Waals surface area contributed by atoms with Crippen LogP contribution in [0.1, 0.15) is 26.2 Å². The van der Waals surface area contributed by atoms with Gasteiger partial charge >= 0.3 is 0 Å². The first kappa shape index (κ1) is 10.7. The number of amidine groups is 1. The lowest BCUT2D eigenvalue weighted by Gasteiger charge is -2.20. The van der Waals surface area contributed by atoms with E-state index >= 15 is 0 Å². The van der Waals surface area contributed by atoms with Gasteiger partial charge in [0.2, 0.25) is 0 Å². The highest BCUT2D eigenvalue weighted by Gasteiger charge is 2.36. The van der Waals surface area contributed by atoms with Crippen molar-refractivity contribution in [1.29, 1.82) is 0 Å². The number of oxime groups is 1. The van der Waals surface area contributed by atoms with Crippen molar-refractivity contribution in [2.24, 2.45) is 28.6 Å². The van der Waals surface area contributed by atoms with E-state index in [1.54, 1.807) is 0 Å². The van der Waals surface area contributed by atoms with Gasteiger partial charge in [0, 0.05) is 25.6 Å². The smallest absolute Gasteiger partial charge is 0.143 e. The van der Waals surface area contributed by atoms with Gasteiger partial charge in [0.15, 0.2) is 0 Å². The van der Waals surface area contributed by atoms with Crippen molar-refractivity contribution in [3.63, 3.8) is 0 Å². The maximum atomic E-state index is 8.58. The summed E-state index contributed by atoms with van der Waals surface area (Å²) in [6.07, 6.45) is 4.22. The van der Waals surface area contributed by atoms with Gasteiger partial charge < -0.3 is 15.8 Å². The highest BCUT2D eigenvalue weighted by atomic mass is 16.4. The zero-order chi connectivity index (χ0) is 10.8. The molecular weight excluding hydrogens is 190 g/mol. The molecule has 0 aromatic rings. The third-order valence-electron chi connectivity index (χ3n) is 3.95. The molecule has 4 nitrogen and oxygen atoms in total. The topological polar surface area (TPSA) is 61.8 Å². The third-order valence-corrected chi connectivity index (χ3v) is 3.95. The fourth-order valence-electron chi connectivity index (χ4n) is 3.06. The SMILES string of the molecule is CC(CN1CC2CCCC2C1)C(N)=NO. The summed E-state index contributed by atoms with van der Waals surface area (Å²) in [5.41, 5.74) is 5.58. The Morgan fingerprint density at radius 1 is 1.47 bits per heavy atom. The molecule has 0 amide bonds. The van der Waals surface area contributed by atoms with Gasteiger partial charge in [0.05, 0.1) is 0 Å². The van der Waals surface area contributed by atoms with E-state index in [1.807, 2.05) is 6.92 Å². The van der Waals surface area contributed by atoms with E-state index in [9.17, 15) is 0 Å². The Labute approximate surface area is 91.1 Å². The van der Waals surface area contributed by atoms with Gasteiger partial charge in [0.1, 0.15) is 5.84 Å². The predicted molar refractivity (Wildman–Crippen MR) is 59.8 cm³/mol. The standard InChI is InChI=1S/C11H21N3O/c1-8(11(12)13-15)5-14-6-9-3-2-4-10(9)7-14/h8-10,15H,2-7H2,1H3,(H2,12,13). The molecule has 15 heavy (non-hydrogen) atoms. The van der Waals surface area contributed by atoms with Crippen molar-refractivity contribution >= 4 is 5.84 Å². The molecule has 1 saturated carbocycles. The number of likely N-dealkylation sites (tertiary alicyclic amines) is 1. The van der Waals surface area contributed by atoms with Crippen LogP contribution in [0.3, 0.4) is 0 Å². The van der Waals surface area contributed by atoms with Crippen LogP contribution in [0, 0.1) is 17.8 Å². The summed E-state index contributed by atoms with van der Waals surface area (Å²) in [7, 11) is 0. The number of hydrogen-bond donors (Lipinski definition) is 2. The van der Waals surface area contributed by atoms with Gasteiger partial charge in [-0.05, 0) is 24.7 Å². The molecule has 0 aromatic carbocycles. The van der Waals surface area contributed by atoms with E-state index in [0.29, 0.717) is 5.84 Å². The van der Waals surface area contributed by atoms with Crippen molar-refractivity contribution < 1.29 is 5.21 Å². The average Bonchev–Trinajstić information content (AvgIpc) is 2.76. The van der Waals surface area contributed by atoms with E-state index in [0.717, 1.165) is 18.4 Å². The second kappa shape index (κ2) is 4.39. The molecule has 0 spiro atoms. The molecule has 3 unspecified atom stereocenters. The van der Waals surface area contributed by atoms with Crippen molar-refractivity contribution in [2.45, 2.75) is 26.2 Å². The lowest BCUT2D eigenvalue weighted by atomic mass is 10.0. The van der Waals surface area contributed by atoms with Crippen molar-refractivity contribution in [3.8, 4) is 0 Å². The first-order valence-corrected chi connectivity index (χ1v) is 5.90. The van der Waals surface area contributed by atoms with Crippen molar-refractivity contribution in [3.05, 3.63) is 0 Å². The Morgan fingerprint density at radius 2 is 2.07 bits per heavy atom. The molecule has 1 saturated heterocycles. The van der Waals surface area contributed by atoms with Crippen LogP contribution in [-0.4, -0.2) is 35.6 Å². The predicted octanol–water partition coefficient (Wildman–Crippen LogP) is 1.10. The molecule has 2 rings (SSSR count). The minimum absolute atomic E-state index is 0.161. The molecule has 1 aliphatic carbocycles. The zero-order valence-electron chi connectivity index (χ0n) is 9.39. The van der Waals surface area contributed by atoms with Gasteiger partial charge in [-0.25, -0.2) is 0 Å². The summed E-state index contributed by atoms with van der Waals surface area (Å²) in [4.78, 5) is 2.47. The molecule has 0 bridgehead atoms. The summed E-state index contributed by atoms with van der Waals surface area (Å²) in [6, 6.07) is 0. The lowest BCUT2D eigenvalue weighted by Crippen LogP contribution is -2.34. The van der Waals surface area contributed by atoms with E-state index in [4.69, 9.17) is 10.9 Å². The molecule has 0 radical (unpaired) electrons. The van der Waals surface area contributed by atoms with Gasteiger partial charge in [-0.1, -0.05) is 18.5 Å². The summed E-state index contributed by atoms with van der Waals surface area (Å²) < 4.78 is 0. The van der Waals surface area contributed by atoms with Crippen LogP contribution < -0.4 is 5.73 Å². The third kappa shape index (κ3) is 2.25. The van der Waals surface area contributed by atoms with Crippen LogP contribution in [-0.2, 0) is 0 Å². The Bertz CT molecular complexity index is 242. The summed E-state index contributed by atoms with van der Waals surface area (Å²) in [6.45, 7) is 5.38. The minimum Gasteiger partial charge on any atom is -0.409 e. The molecule has 1 heterocycles. The van der Waals surface area contributed by atoms with Crippen LogP contribution in [0.5, 0.6) is 0 Å². The van der Waals surface area contributed by atoms with Crippen molar-refractivity contribution in [2.75, 3.05) is 19.6 Å². The van der Waals surface area contributed by atoms with Crippen LogP contribution >= 0.6 is 0 Å². The number of nitrogens with two attached hydrogens (primary N) is 1. The molecule has 1 aliphatic heterocycles. The first-order chi connectivity index (χ1) is 7.20. The van der Waals surface area contributed by atoms with Gasteiger partial charge in [0.25, 0.3) is 0 Å². The monoisotopic (exact) mass is 211 g/mol. The second-order valence-corrected chi connectivity index (χ2v) is 5.10. The largest absolute Gasteiger partial charge is 0.409 e. The van der Waals surface area contributed by atoms with E-state index in [-0.39, 0.29) is 5.92 Å². The average molecular weight is 211 g/mol. The Morgan fingerprint density at radius 3 is 2.60 bits per heavy atom.